The molecule has 1 atom stereocenters. The molecule has 0 heterocycles. The predicted molar refractivity (Wildman–Crippen MR) is 87.9 cm³/mol. The number of hydrogen-bond donors (Lipinski definition) is 1. The smallest absolute Gasteiger partial charge is 0.339 e. The van der Waals surface area contributed by atoms with Gasteiger partial charge in [0.1, 0.15) is 13.2 Å². The third-order valence-electron chi connectivity index (χ3n) is 3.26. The summed E-state index contributed by atoms with van der Waals surface area (Å²) in [5, 5.41) is 9.04. The zero-order chi connectivity index (χ0) is 18.3. The van der Waals surface area contributed by atoms with E-state index in [0.29, 0.717) is 6.42 Å². The summed E-state index contributed by atoms with van der Waals surface area (Å²) in [7, 11) is 0. The van der Waals surface area contributed by atoms with Crippen LogP contribution in [0.25, 0.3) is 0 Å². The van der Waals surface area contributed by atoms with Crippen molar-refractivity contribution in [2.45, 2.75) is 34.1 Å². The van der Waals surface area contributed by atoms with E-state index in [1.807, 2.05) is 20.8 Å². The normalized spacial score (nSPS) is 12.3. The summed E-state index contributed by atoms with van der Waals surface area (Å²) >= 11 is 0. The van der Waals surface area contributed by atoms with Crippen molar-refractivity contribution in [1.82, 2.24) is 0 Å². The second-order valence-corrected chi connectivity index (χ2v) is 6.82. The predicted octanol–water partition coefficient (Wildman–Crippen LogP) is 3.16. The van der Waals surface area contributed by atoms with Crippen molar-refractivity contribution in [3.8, 4) is 0 Å². The van der Waals surface area contributed by atoms with E-state index in [-0.39, 0.29) is 41.6 Å². The lowest BCUT2D eigenvalue weighted by Gasteiger charge is -2.22. The van der Waals surface area contributed by atoms with Crippen LogP contribution in [0.4, 0.5) is 0 Å². The van der Waals surface area contributed by atoms with Crippen LogP contribution in [0.3, 0.4) is 0 Å². The van der Waals surface area contributed by atoms with E-state index in [2.05, 4.69) is 0 Å². The maximum absolute atomic E-state index is 11.9. The zero-order valence-electron chi connectivity index (χ0n) is 14.5. The highest BCUT2D eigenvalue weighted by Crippen LogP contribution is 2.24. The fourth-order valence-electron chi connectivity index (χ4n) is 2.35. The van der Waals surface area contributed by atoms with Crippen molar-refractivity contribution < 1.29 is 29.0 Å². The molecule has 1 aromatic carbocycles. The minimum atomic E-state index is -1.20. The Morgan fingerprint density at radius 2 is 1.58 bits per heavy atom. The molecule has 1 aromatic rings. The van der Waals surface area contributed by atoms with Gasteiger partial charge in [0.25, 0.3) is 0 Å². The number of aromatic carboxylic acids is 1. The van der Waals surface area contributed by atoms with Gasteiger partial charge in [-0.2, -0.15) is 0 Å². The van der Waals surface area contributed by atoms with Gasteiger partial charge in [-0.15, -0.1) is 0 Å². The molecule has 132 valence electrons. The maximum Gasteiger partial charge on any atom is 0.339 e. The number of carboxylic acid groups (broad SMARTS) is 1. The summed E-state index contributed by atoms with van der Waals surface area (Å²) in [5.74, 6) is -2.54. The minimum Gasteiger partial charge on any atom is -0.478 e. The van der Waals surface area contributed by atoms with Crippen molar-refractivity contribution in [3.05, 3.63) is 35.4 Å². The Kier molecular flexibility index (Phi) is 6.95. The molecule has 1 unspecified atom stereocenters. The van der Waals surface area contributed by atoms with Crippen LogP contribution in [-0.4, -0.2) is 36.2 Å². The monoisotopic (exact) mass is 336 g/mol. The van der Waals surface area contributed by atoms with Crippen molar-refractivity contribution in [2.75, 3.05) is 13.2 Å². The number of carbonyl (C=O) groups is 3. The van der Waals surface area contributed by atoms with Gasteiger partial charge in [0.05, 0.1) is 17.0 Å². The van der Waals surface area contributed by atoms with E-state index in [0.717, 1.165) is 0 Å². The van der Waals surface area contributed by atoms with Gasteiger partial charge in [0.2, 0.25) is 0 Å². The molecule has 0 fully saturated rings. The van der Waals surface area contributed by atoms with Crippen LogP contribution >= 0.6 is 0 Å². The SMILES string of the molecule is CC(CC(C)(C)C)C(=O)OCCOC(=O)c1ccccc1C(=O)O. The third-order valence-corrected chi connectivity index (χ3v) is 3.26. The highest BCUT2D eigenvalue weighted by Gasteiger charge is 2.22. The van der Waals surface area contributed by atoms with Crippen LogP contribution in [0.1, 0.15) is 54.8 Å². The number of hydrogen-bond acceptors (Lipinski definition) is 5. The molecular weight excluding hydrogens is 312 g/mol. The van der Waals surface area contributed by atoms with Gasteiger partial charge < -0.3 is 14.6 Å². The molecule has 0 aliphatic rings. The van der Waals surface area contributed by atoms with E-state index < -0.39 is 11.9 Å². The van der Waals surface area contributed by atoms with E-state index in [4.69, 9.17) is 14.6 Å². The standard InChI is InChI=1S/C18H24O6/c1-12(11-18(2,3)4)16(21)23-9-10-24-17(22)14-8-6-5-7-13(14)15(19)20/h5-8,12H,9-11H2,1-4H3,(H,19,20). The lowest BCUT2D eigenvalue weighted by Crippen LogP contribution is -2.23. The summed E-state index contributed by atoms with van der Waals surface area (Å²) in [6.07, 6.45) is 0.692. The van der Waals surface area contributed by atoms with Gasteiger partial charge in [0, 0.05) is 0 Å². The molecule has 0 aromatic heterocycles. The highest BCUT2D eigenvalue weighted by atomic mass is 16.6. The molecule has 0 radical (unpaired) electrons. The van der Waals surface area contributed by atoms with Crippen molar-refractivity contribution in [3.63, 3.8) is 0 Å². The number of carbonyl (C=O) groups excluding carboxylic acids is 2. The Hall–Kier alpha value is -2.37. The van der Waals surface area contributed by atoms with Gasteiger partial charge in [-0.3, -0.25) is 4.79 Å². The largest absolute Gasteiger partial charge is 0.478 e. The van der Waals surface area contributed by atoms with Crippen molar-refractivity contribution in [1.29, 1.82) is 0 Å². The Balaban J connectivity index is 2.44. The molecule has 0 bridgehead atoms. The summed E-state index contributed by atoms with van der Waals surface area (Å²) in [6, 6.07) is 5.78. The molecular formula is C18H24O6. The number of benzene rings is 1. The second-order valence-electron chi connectivity index (χ2n) is 6.82. The summed E-state index contributed by atoms with van der Waals surface area (Å²) in [4.78, 5) is 34.8. The Bertz CT molecular complexity index is 600. The second kappa shape index (κ2) is 8.47. The van der Waals surface area contributed by atoms with Crippen LogP contribution in [0, 0.1) is 11.3 Å². The van der Waals surface area contributed by atoms with Crippen LogP contribution < -0.4 is 0 Å². The van der Waals surface area contributed by atoms with Crippen LogP contribution in [-0.2, 0) is 14.3 Å². The molecule has 0 saturated carbocycles. The van der Waals surface area contributed by atoms with Gasteiger partial charge in [-0.25, -0.2) is 9.59 Å². The fourth-order valence-corrected chi connectivity index (χ4v) is 2.35. The van der Waals surface area contributed by atoms with Gasteiger partial charge in [-0.05, 0) is 24.0 Å². The molecule has 24 heavy (non-hydrogen) atoms. The quantitative estimate of drug-likeness (QED) is 0.607. The highest BCUT2D eigenvalue weighted by molar-refractivity contribution is 6.02. The minimum absolute atomic E-state index is 0.0193. The molecule has 0 saturated heterocycles. The first-order chi connectivity index (χ1) is 11.1. The van der Waals surface area contributed by atoms with E-state index >= 15 is 0 Å². The summed E-state index contributed by atoms with van der Waals surface area (Å²) in [5.41, 5.74) is -0.137. The average molecular weight is 336 g/mol. The zero-order valence-corrected chi connectivity index (χ0v) is 14.5. The van der Waals surface area contributed by atoms with E-state index in [9.17, 15) is 14.4 Å². The first-order valence-electron chi connectivity index (χ1n) is 7.78. The number of ether oxygens (including phenoxy) is 2. The Morgan fingerprint density at radius 1 is 1.04 bits per heavy atom. The molecule has 0 aliphatic carbocycles. The molecule has 0 spiro atoms. The summed E-state index contributed by atoms with van der Waals surface area (Å²) in [6.45, 7) is 7.73. The van der Waals surface area contributed by atoms with Crippen LogP contribution in [0.2, 0.25) is 0 Å². The van der Waals surface area contributed by atoms with Crippen molar-refractivity contribution >= 4 is 17.9 Å². The average Bonchev–Trinajstić information content (AvgIpc) is 2.49. The topological polar surface area (TPSA) is 89.9 Å². The van der Waals surface area contributed by atoms with Crippen molar-refractivity contribution in [2.24, 2.45) is 11.3 Å². The first-order valence-corrected chi connectivity index (χ1v) is 7.78. The number of esters is 2. The molecule has 1 rings (SSSR count). The Labute approximate surface area is 141 Å². The van der Waals surface area contributed by atoms with Gasteiger partial charge in [0.15, 0.2) is 0 Å². The Morgan fingerprint density at radius 3 is 2.12 bits per heavy atom. The van der Waals surface area contributed by atoms with E-state index in [1.54, 1.807) is 13.0 Å². The molecule has 6 nitrogen and oxygen atoms in total. The van der Waals surface area contributed by atoms with Crippen LogP contribution in [0.15, 0.2) is 24.3 Å². The number of carboxylic acids is 1. The fraction of sp³-hybridized carbons (Fsp3) is 0.500. The lowest BCUT2D eigenvalue weighted by molar-refractivity contribution is -0.150. The molecule has 0 amide bonds. The molecule has 1 N–H and O–H groups in total. The van der Waals surface area contributed by atoms with Gasteiger partial charge >= 0.3 is 17.9 Å². The van der Waals surface area contributed by atoms with Crippen LogP contribution in [0.5, 0.6) is 0 Å². The molecule has 0 aliphatic heterocycles. The third kappa shape index (κ3) is 6.40. The summed E-state index contributed by atoms with van der Waals surface area (Å²) < 4.78 is 10.1. The number of rotatable bonds is 7. The van der Waals surface area contributed by atoms with E-state index in [1.165, 1.54) is 18.2 Å². The maximum atomic E-state index is 11.9. The molecule has 6 heteroatoms. The van der Waals surface area contributed by atoms with Gasteiger partial charge in [-0.1, -0.05) is 39.8 Å². The lowest BCUT2D eigenvalue weighted by atomic mass is 9.85. The first kappa shape index (κ1) is 19.7.